The van der Waals surface area contributed by atoms with Gasteiger partial charge in [0.15, 0.2) is 0 Å². The van der Waals surface area contributed by atoms with E-state index in [1.54, 1.807) is 0 Å². The minimum absolute atomic E-state index is 0.0209. The standard InChI is InChI=1S/C18H18BrN3O/c1-11-9-14(5-6-15(11)19)22-18(23)8-4-13-3-7-16-17(10-13)21-12(2)20-16/h3,5-7,9-10H,4,8H2,1-2H3,(H,20,21)(H,22,23). The van der Waals surface area contributed by atoms with Gasteiger partial charge in [0, 0.05) is 16.6 Å². The Morgan fingerprint density at radius 1 is 1.22 bits per heavy atom. The van der Waals surface area contributed by atoms with Crippen LogP contribution in [0.3, 0.4) is 0 Å². The van der Waals surface area contributed by atoms with Crippen LogP contribution in [0.2, 0.25) is 0 Å². The first-order chi connectivity index (χ1) is 11.0. The third-order valence-electron chi connectivity index (χ3n) is 3.75. The van der Waals surface area contributed by atoms with Gasteiger partial charge in [-0.3, -0.25) is 4.79 Å². The summed E-state index contributed by atoms with van der Waals surface area (Å²) in [5.41, 5.74) is 5.03. The number of halogens is 1. The largest absolute Gasteiger partial charge is 0.342 e. The average Bonchev–Trinajstić information content (AvgIpc) is 2.88. The zero-order valence-corrected chi connectivity index (χ0v) is 14.7. The van der Waals surface area contributed by atoms with E-state index in [9.17, 15) is 4.79 Å². The fraction of sp³-hybridized carbons (Fsp3) is 0.222. The summed E-state index contributed by atoms with van der Waals surface area (Å²) in [4.78, 5) is 19.7. The highest BCUT2D eigenvalue weighted by Crippen LogP contribution is 2.20. The summed E-state index contributed by atoms with van der Waals surface area (Å²) in [6, 6.07) is 11.9. The molecule has 2 N–H and O–H groups in total. The fourth-order valence-electron chi connectivity index (χ4n) is 2.54. The number of aromatic amines is 1. The molecule has 0 saturated heterocycles. The Balaban J connectivity index is 1.62. The van der Waals surface area contributed by atoms with Crippen molar-refractivity contribution in [2.45, 2.75) is 26.7 Å². The lowest BCUT2D eigenvalue weighted by atomic mass is 10.1. The molecule has 0 aliphatic rings. The van der Waals surface area contributed by atoms with Crippen LogP contribution >= 0.6 is 15.9 Å². The van der Waals surface area contributed by atoms with Gasteiger partial charge in [0.2, 0.25) is 5.91 Å². The van der Waals surface area contributed by atoms with Crippen LogP contribution in [0, 0.1) is 13.8 Å². The predicted molar refractivity (Wildman–Crippen MR) is 96.7 cm³/mol. The second-order valence-corrected chi connectivity index (χ2v) is 6.54. The molecule has 0 fully saturated rings. The summed E-state index contributed by atoms with van der Waals surface area (Å²) in [6.45, 7) is 3.94. The van der Waals surface area contributed by atoms with E-state index >= 15 is 0 Å². The summed E-state index contributed by atoms with van der Waals surface area (Å²) in [7, 11) is 0. The number of amides is 1. The number of aryl methyl sites for hydroxylation is 3. The van der Waals surface area contributed by atoms with Gasteiger partial charge in [0.1, 0.15) is 5.82 Å². The Labute approximate surface area is 143 Å². The average molecular weight is 372 g/mol. The van der Waals surface area contributed by atoms with Gasteiger partial charge in [-0.25, -0.2) is 4.98 Å². The number of nitrogens with one attached hydrogen (secondary N) is 2. The molecular formula is C18H18BrN3O. The number of nitrogens with zero attached hydrogens (tertiary/aromatic N) is 1. The van der Waals surface area contributed by atoms with Crippen LogP contribution in [0.25, 0.3) is 11.0 Å². The molecule has 0 unspecified atom stereocenters. The van der Waals surface area contributed by atoms with Crippen molar-refractivity contribution in [1.82, 2.24) is 9.97 Å². The Hall–Kier alpha value is -2.14. The molecule has 3 aromatic rings. The number of rotatable bonds is 4. The van der Waals surface area contributed by atoms with E-state index < -0.39 is 0 Å². The number of hydrogen-bond acceptors (Lipinski definition) is 2. The van der Waals surface area contributed by atoms with Crippen molar-refractivity contribution in [1.29, 1.82) is 0 Å². The van der Waals surface area contributed by atoms with Crippen LogP contribution in [-0.2, 0) is 11.2 Å². The van der Waals surface area contributed by atoms with E-state index in [0.29, 0.717) is 12.8 Å². The Kier molecular flexibility index (Phi) is 4.48. The molecule has 1 aromatic heterocycles. The zero-order chi connectivity index (χ0) is 16.4. The van der Waals surface area contributed by atoms with Gasteiger partial charge in [-0.05, 0) is 61.7 Å². The van der Waals surface area contributed by atoms with E-state index in [1.165, 1.54) is 0 Å². The van der Waals surface area contributed by atoms with E-state index in [1.807, 2.05) is 44.2 Å². The van der Waals surface area contributed by atoms with Crippen molar-refractivity contribution in [3.8, 4) is 0 Å². The van der Waals surface area contributed by atoms with Gasteiger partial charge in [-0.2, -0.15) is 0 Å². The van der Waals surface area contributed by atoms with Crippen molar-refractivity contribution in [3.63, 3.8) is 0 Å². The van der Waals surface area contributed by atoms with Crippen LogP contribution in [0.15, 0.2) is 40.9 Å². The molecule has 5 heteroatoms. The van der Waals surface area contributed by atoms with Gasteiger partial charge >= 0.3 is 0 Å². The van der Waals surface area contributed by atoms with Crippen molar-refractivity contribution in [2.75, 3.05) is 5.32 Å². The van der Waals surface area contributed by atoms with Crippen molar-refractivity contribution < 1.29 is 4.79 Å². The number of carbonyl (C=O) groups excluding carboxylic acids is 1. The monoisotopic (exact) mass is 371 g/mol. The maximum Gasteiger partial charge on any atom is 0.224 e. The molecule has 118 valence electrons. The number of imidazole rings is 1. The van der Waals surface area contributed by atoms with E-state index in [0.717, 1.165) is 38.1 Å². The first kappa shape index (κ1) is 15.7. The van der Waals surface area contributed by atoms with Gasteiger partial charge in [-0.1, -0.05) is 22.0 Å². The maximum atomic E-state index is 12.1. The maximum absolute atomic E-state index is 12.1. The highest BCUT2D eigenvalue weighted by Gasteiger charge is 2.06. The fourth-order valence-corrected chi connectivity index (χ4v) is 2.79. The molecule has 0 aliphatic heterocycles. The molecule has 23 heavy (non-hydrogen) atoms. The number of aromatic nitrogens is 2. The minimum Gasteiger partial charge on any atom is -0.342 e. The molecular weight excluding hydrogens is 354 g/mol. The SMILES string of the molecule is Cc1nc2ccc(CCC(=O)Nc3ccc(Br)c(C)c3)cc2[nH]1. The lowest BCUT2D eigenvalue weighted by molar-refractivity contribution is -0.116. The van der Waals surface area contributed by atoms with Crippen LogP contribution in [0.1, 0.15) is 23.4 Å². The number of fused-ring (bicyclic) bond motifs is 1. The van der Waals surface area contributed by atoms with Gasteiger partial charge in [0.05, 0.1) is 11.0 Å². The third kappa shape index (κ3) is 3.79. The number of anilines is 1. The molecule has 3 rings (SSSR count). The molecule has 0 aliphatic carbocycles. The summed E-state index contributed by atoms with van der Waals surface area (Å²) in [5, 5.41) is 2.94. The summed E-state index contributed by atoms with van der Waals surface area (Å²) >= 11 is 3.46. The zero-order valence-electron chi connectivity index (χ0n) is 13.1. The minimum atomic E-state index is 0.0209. The van der Waals surface area contributed by atoms with Crippen molar-refractivity contribution in [3.05, 3.63) is 57.8 Å². The highest BCUT2D eigenvalue weighted by molar-refractivity contribution is 9.10. The smallest absolute Gasteiger partial charge is 0.224 e. The lowest BCUT2D eigenvalue weighted by Gasteiger charge is -2.07. The van der Waals surface area contributed by atoms with Crippen molar-refractivity contribution >= 4 is 38.6 Å². The molecule has 4 nitrogen and oxygen atoms in total. The first-order valence-electron chi connectivity index (χ1n) is 7.52. The first-order valence-corrected chi connectivity index (χ1v) is 8.32. The van der Waals surface area contributed by atoms with Crippen LogP contribution in [0.4, 0.5) is 5.69 Å². The van der Waals surface area contributed by atoms with Gasteiger partial charge < -0.3 is 10.3 Å². The predicted octanol–water partition coefficient (Wildman–Crippen LogP) is 4.51. The number of hydrogen-bond donors (Lipinski definition) is 2. The van der Waals surface area contributed by atoms with E-state index in [4.69, 9.17) is 0 Å². The Bertz CT molecular complexity index is 870. The second kappa shape index (κ2) is 6.54. The molecule has 0 saturated carbocycles. The lowest BCUT2D eigenvalue weighted by Crippen LogP contribution is -2.12. The normalized spacial score (nSPS) is 10.9. The highest BCUT2D eigenvalue weighted by atomic mass is 79.9. The molecule has 1 amide bonds. The summed E-state index contributed by atoms with van der Waals surface area (Å²) in [6.07, 6.45) is 1.16. The quantitative estimate of drug-likeness (QED) is 0.708. The molecule has 0 atom stereocenters. The second-order valence-electron chi connectivity index (χ2n) is 5.69. The molecule has 0 bridgehead atoms. The molecule has 0 radical (unpaired) electrons. The van der Waals surface area contributed by atoms with E-state index in [2.05, 4.69) is 37.3 Å². The molecule has 2 aromatic carbocycles. The summed E-state index contributed by atoms with van der Waals surface area (Å²) in [5.74, 6) is 0.924. The van der Waals surface area contributed by atoms with E-state index in [-0.39, 0.29) is 5.91 Å². The Morgan fingerprint density at radius 2 is 2.04 bits per heavy atom. The van der Waals surface area contributed by atoms with Gasteiger partial charge in [0.25, 0.3) is 0 Å². The van der Waals surface area contributed by atoms with Gasteiger partial charge in [-0.15, -0.1) is 0 Å². The molecule has 1 heterocycles. The number of H-pyrrole nitrogens is 1. The number of benzene rings is 2. The van der Waals surface area contributed by atoms with Crippen LogP contribution < -0.4 is 5.32 Å². The topological polar surface area (TPSA) is 57.8 Å². The molecule has 0 spiro atoms. The van der Waals surface area contributed by atoms with Crippen LogP contribution in [0.5, 0.6) is 0 Å². The Morgan fingerprint density at radius 3 is 2.83 bits per heavy atom. The van der Waals surface area contributed by atoms with Crippen molar-refractivity contribution in [2.24, 2.45) is 0 Å². The van der Waals surface area contributed by atoms with Crippen LogP contribution in [-0.4, -0.2) is 15.9 Å². The third-order valence-corrected chi connectivity index (χ3v) is 4.64. The number of carbonyl (C=O) groups is 1. The summed E-state index contributed by atoms with van der Waals surface area (Å²) < 4.78 is 1.04.